The van der Waals surface area contributed by atoms with Crippen LogP contribution in [0.3, 0.4) is 0 Å². The van der Waals surface area contributed by atoms with Crippen LogP contribution in [0.25, 0.3) is 0 Å². The third kappa shape index (κ3) is 3.43. The van der Waals surface area contributed by atoms with E-state index in [0.29, 0.717) is 6.42 Å². The first-order valence-corrected chi connectivity index (χ1v) is 5.66. The molecule has 1 atom stereocenters. The fourth-order valence-electron chi connectivity index (χ4n) is 1.59. The van der Waals surface area contributed by atoms with E-state index in [4.69, 9.17) is 4.52 Å². The SMILES string of the molecule is O=C(NCC(O)Cc1ccccc1)c1ccno1. The molecule has 1 amide bonds. The van der Waals surface area contributed by atoms with Crippen molar-refractivity contribution in [3.63, 3.8) is 0 Å². The summed E-state index contributed by atoms with van der Waals surface area (Å²) in [6, 6.07) is 11.1. The Morgan fingerprint density at radius 2 is 2.11 bits per heavy atom. The maximum Gasteiger partial charge on any atom is 0.289 e. The Labute approximate surface area is 104 Å². The number of carbonyl (C=O) groups is 1. The topological polar surface area (TPSA) is 75.4 Å². The summed E-state index contributed by atoms with van der Waals surface area (Å²) >= 11 is 0. The fraction of sp³-hybridized carbons (Fsp3) is 0.231. The number of nitrogens with zero attached hydrogens (tertiary/aromatic N) is 1. The van der Waals surface area contributed by atoms with E-state index in [1.807, 2.05) is 30.3 Å². The monoisotopic (exact) mass is 246 g/mol. The molecular weight excluding hydrogens is 232 g/mol. The first-order chi connectivity index (χ1) is 8.75. The Morgan fingerprint density at radius 1 is 1.33 bits per heavy atom. The quantitative estimate of drug-likeness (QED) is 0.825. The highest BCUT2D eigenvalue weighted by molar-refractivity contribution is 5.91. The normalized spacial score (nSPS) is 12.1. The Bertz CT molecular complexity index is 482. The second-order valence-corrected chi connectivity index (χ2v) is 3.93. The number of aliphatic hydroxyl groups is 1. The van der Waals surface area contributed by atoms with E-state index < -0.39 is 6.10 Å². The molecule has 0 fully saturated rings. The van der Waals surface area contributed by atoms with Crippen molar-refractivity contribution in [3.8, 4) is 0 Å². The van der Waals surface area contributed by atoms with Crippen LogP contribution in [0.1, 0.15) is 16.1 Å². The summed E-state index contributed by atoms with van der Waals surface area (Å²) < 4.78 is 4.70. The van der Waals surface area contributed by atoms with Gasteiger partial charge in [0.25, 0.3) is 5.91 Å². The van der Waals surface area contributed by atoms with E-state index in [1.54, 1.807) is 0 Å². The molecular formula is C13H14N2O3. The van der Waals surface area contributed by atoms with Crippen LogP contribution in [0.5, 0.6) is 0 Å². The molecule has 2 N–H and O–H groups in total. The van der Waals surface area contributed by atoms with Gasteiger partial charge in [-0.25, -0.2) is 0 Å². The average molecular weight is 246 g/mol. The van der Waals surface area contributed by atoms with Crippen molar-refractivity contribution < 1.29 is 14.4 Å². The van der Waals surface area contributed by atoms with Crippen LogP contribution in [0, 0.1) is 0 Å². The fourth-order valence-corrected chi connectivity index (χ4v) is 1.59. The van der Waals surface area contributed by atoms with Gasteiger partial charge in [0.2, 0.25) is 5.76 Å². The van der Waals surface area contributed by atoms with Gasteiger partial charge in [-0.05, 0) is 5.56 Å². The molecule has 5 nitrogen and oxygen atoms in total. The number of nitrogens with one attached hydrogen (secondary N) is 1. The molecule has 1 aromatic carbocycles. The van der Waals surface area contributed by atoms with Crippen LogP contribution in [0.4, 0.5) is 0 Å². The minimum Gasteiger partial charge on any atom is -0.391 e. The van der Waals surface area contributed by atoms with Crippen LogP contribution < -0.4 is 5.32 Å². The lowest BCUT2D eigenvalue weighted by atomic mass is 10.1. The Balaban J connectivity index is 1.78. The molecule has 0 aliphatic rings. The predicted octanol–water partition coefficient (Wildman–Crippen LogP) is 1.01. The number of amides is 1. The van der Waals surface area contributed by atoms with Gasteiger partial charge in [-0.15, -0.1) is 0 Å². The third-order valence-corrected chi connectivity index (χ3v) is 2.47. The van der Waals surface area contributed by atoms with Crippen LogP contribution in [0.15, 0.2) is 47.1 Å². The molecule has 2 aromatic rings. The first kappa shape index (κ1) is 12.3. The molecule has 18 heavy (non-hydrogen) atoms. The van der Waals surface area contributed by atoms with E-state index in [-0.39, 0.29) is 18.2 Å². The minimum absolute atomic E-state index is 0.141. The highest BCUT2D eigenvalue weighted by Gasteiger charge is 2.12. The summed E-state index contributed by atoms with van der Waals surface area (Å²) in [5, 5.41) is 15.8. The van der Waals surface area contributed by atoms with E-state index in [2.05, 4.69) is 10.5 Å². The van der Waals surface area contributed by atoms with Crippen LogP contribution in [-0.2, 0) is 6.42 Å². The summed E-state index contributed by atoms with van der Waals surface area (Å²) in [6.45, 7) is 0.175. The standard InChI is InChI=1S/C13H14N2O3/c16-11(8-10-4-2-1-3-5-10)9-14-13(17)12-6-7-15-18-12/h1-7,11,16H,8-9H2,(H,14,17). The second-order valence-electron chi connectivity index (χ2n) is 3.93. The molecule has 94 valence electrons. The number of hydrogen-bond donors (Lipinski definition) is 2. The van der Waals surface area contributed by atoms with Crippen molar-refractivity contribution >= 4 is 5.91 Å². The summed E-state index contributed by atoms with van der Waals surface area (Å²) in [6.07, 6.45) is 1.27. The summed E-state index contributed by atoms with van der Waals surface area (Å²) in [5.41, 5.74) is 1.03. The summed E-state index contributed by atoms with van der Waals surface area (Å²) in [7, 11) is 0. The molecule has 0 aliphatic heterocycles. The van der Waals surface area contributed by atoms with Gasteiger partial charge >= 0.3 is 0 Å². The lowest BCUT2D eigenvalue weighted by Gasteiger charge is -2.10. The zero-order valence-electron chi connectivity index (χ0n) is 9.74. The van der Waals surface area contributed by atoms with Gasteiger partial charge in [-0.3, -0.25) is 4.79 Å². The van der Waals surface area contributed by atoms with Crippen molar-refractivity contribution in [1.82, 2.24) is 10.5 Å². The molecule has 1 aromatic heterocycles. The summed E-state index contributed by atoms with van der Waals surface area (Å²) in [4.78, 5) is 11.5. The number of aliphatic hydroxyl groups excluding tert-OH is 1. The maximum atomic E-state index is 11.5. The Morgan fingerprint density at radius 3 is 2.78 bits per heavy atom. The number of aromatic nitrogens is 1. The molecule has 1 unspecified atom stereocenters. The van der Waals surface area contributed by atoms with Gasteiger partial charge < -0.3 is 14.9 Å². The highest BCUT2D eigenvalue weighted by atomic mass is 16.5. The third-order valence-electron chi connectivity index (χ3n) is 2.47. The van der Waals surface area contributed by atoms with Crippen molar-refractivity contribution in [2.75, 3.05) is 6.54 Å². The van der Waals surface area contributed by atoms with Crippen molar-refractivity contribution in [1.29, 1.82) is 0 Å². The lowest BCUT2D eigenvalue weighted by Crippen LogP contribution is -2.33. The Hall–Kier alpha value is -2.14. The smallest absolute Gasteiger partial charge is 0.289 e. The largest absolute Gasteiger partial charge is 0.391 e. The highest BCUT2D eigenvalue weighted by Crippen LogP contribution is 2.03. The van der Waals surface area contributed by atoms with Gasteiger partial charge in [-0.1, -0.05) is 35.5 Å². The van der Waals surface area contributed by atoms with Gasteiger partial charge in [0.05, 0.1) is 12.3 Å². The van der Waals surface area contributed by atoms with Gasteiger partial charge in [0, 0.05) is 19.0 Å². The zero-order chi connectivity index (χ0) is 12.8. The number of carbonyl (C=O) groups excluding carboxylic acids is 1. The van der Waals surface area contributed by atoms with Crippen molar-refractivity contribution in [2.45, 2.75) is 12.5 Å². The van der Waals surface area contributed by atoms with Crippen LogP contribution in [-0.4, -0.2) is 28.8 Å². The first-order valence-electron chi connectivity index (χ1n) is 5.66. The van der Waals surface area contributed by atoms with Crippen molar-refractivity contribution in [2.24, 2.45) is 0 Å². The molecule has 0 radical (unpaired) electrons. The van der Waals surface area contributed by atoms with E-state index in [9.17, 15) is 9.90 Å². The van der Waals surface area contributed by atoms with E-state index in [0.717, 1.165) is 5.56 Å². The molecule has 5 heteroatoms. The van der Waals surface area contributed by atoms with Crippen LogP contribution >= 0.6 is 0 Å². The Kier molecular flexibility index (Phi) is 4.09. The number of benzene rings is 1. The lowest BCUT2D eigenvalue weighted by molar-refractivity contribution is 0.0880. The molecule has 2 rings (SSSR count). The number of rotatable bonds is 5. The average Bonchev–Trinajstić information content (AvgIpc) is 2.91. The van der Waals surface area contributed by atoms with E-state index in [1.165, 1.54) is 12.3 Å². The van der Waals surface area contributed by atoms with Gasteiger partial charge in [0.15, 0.2) is 0 Å². The zero-order valence-corrected chi connectivity index (χ0v) is 9.74. The van der Waals surface area contributed by atoms with Gasteiger partial charge in [-0.2, -0.15) is 0 Å². The second kappa shape index (κ2) is 5.97. The minimum atomic E-state index is -0.626. The maximum absolute atomic E-state index is 11.5. The molecule has 1 heterocycles. The molecule has 0 aliphatic carbocycles. The predicted molar refractivity (Wildman–Crippen MR) is 65.0 cm³/mol. The van der Waals surface area contributed by atoms with Gasteiger partial charge in [0.1, 0.15) is 0 Å². The number of hydrogen-bond acceptors (Lipinski definition) is 4. The van der Waals surface area contributed by atoms with Crippen molar-refractivity contribution in [3.05, 3.63) is 53.9 Å². The molecule has 0 saturated heterocycles. The van der Waals surface area contributed by atoms with E-state index >= 15 is 0 Å². The summed E-state index contributed by atoms with van der Waals surface area (Å²) in [5.74, 6) is -0.235. The van der Waals surface area contributed by atoms with Crippen LogP contribution in [0.2, 0.25) is 0 Å². The molecule has 0 bridgehead atoms. The molecule has 0 spiro atoms. The molecule has 0 saturated carbocycles.